The molecule has 27 heavy (non-hydrogen) atoms. The predicted molar refractivity (Wildman–Crippen MR) is 106 cm³/mol. The van der Waals surface area contributed by atoms with E-state index in [9.17, 15) is 9.59 Å². The fourth-order valence-corrected chi connectivity index (χ4v) is 3.39. The Labute approximate surface area is 160 Å². The predicted octanol–water partition coefficient (Wildman–Crippen LogP) is 3.42. The lowest BCUT2D eigenvalue weighted by atomic mass is 9.95. The molecule has 2 aromatic carbocycles. The van der Waals surface area contributed by atoms with Gasteiger partial charge in [0.15, 0.2) is 0 Å². The molecule has 0 radical (unpaired) electrons. The van der Waals surface area contributed by atoms with Gasteiger partial charge < -0.3 is 15.0 Å². The number of hydrogen-bond acceptors (Lipinski definition) is 3. The first-order valence-corrected chi connectivity index (χ1v) is 9.34. The van der Waals surface area contributed by atoms with Crippen LogP contribution in [0.25, 0.3) is 0 Å². The molecule has 1 aliphatic rings. The molecular weight excluding hydrogens is 340 g/mol. The van der Waals surface area contributed by atoms with E-state index in [4.69, 9.17) is 4.74 Å². The van der Waals surface area contributed by atoms with Gasteiger partial charge in [0.25, 0.3) is 0 Å². The van der Waals surface area contributed by atoms with Crippen LogP contribution in [0.4, 0.5) is 5.69 Å². The van der Waals surface area contributed by atoms with Crippen LogP contribution in [0.2, 0.25) is 0 Å². The van der Waals surface area contributed by atoms with Crippen LogP contribution in [0.15, 0.2) is 48.5 Å². The Hall–Kier alpha value is -2.82. The topological polar surface area (TPSA) is 58.6 Å². The number of nitrogens with zero attached hydrogens (tertiary/aromatic N) is 1. The zero-order valence-corrected chi connectivity index (χ0v) is 15.9. The molecule has 5 heteroatoms. The summed E-state index contributed by atoms with van der Waals surface area (Å²) in [5.41, 5.74) is 2.97. The lowest BCUT2D eigenvalue weighted by Crippen LogP contribution is -2.42. The van der Waals surface area contributed by atoms with E-state index in [2.05, 4.69) is 5.32 Å². The van der Waals surface area contributed by atoms with Gasteiger partial charge in [-0.1, -0.05) is 24.3 Å². The minimum atomic E-state index is -0.0605. The van der Waals surface area contributed by atoms with Crippen LogP contribution < -0.4 is 10.1 Å². The van der Waals surface area contributed by atoms with Crippen LogP contribution in [-0.4, -0.2) is 36.9 Å². The van der Waals surface area contributed by atoms with E-state index in [1.165, 1.54) is 0 Å². The van der Waals surface area contributed by atoms with Gasteiger partial charge in [-0.3, -0.25) is 9.59 Å². The number of hydrogen-bond donors (Lipinski definition) is 1. The van der Waals surface area contributed by atoms with Crippen LogP contribution in [0.1, 0.15) is 24.0 Å². The highest BCUT2D eigenvalue weighted by Crippen LogP contribution is 2.22. The number of methoxy groups -OCH3 is 1. The third-order valence-corrected chi connectivity index (χ3v) is 5.18. The van der Waals surface area contributed by atoms with Gasteiger partial charge in [-0.05, 0) is 55.2 Å². The second kappa shape index (κ2) is 8.71. The molecule has 1 aliphatic heterocycles. The standard InChI is InChI=1S/C22H26N2O3/c1-16-5-3-4-6-18(16)15-21(25)24-13-11-17(12-14-24)22(26)23-19-7-9-20(27-2)10-8-19/h3-10,17H,11-15H2,1-2H3,(H,23,26). The monoisotopic (exact) mass is 366 g/mol. The first-order valence-electron chi connectivity index (χ1n) is 9.34. The second-order valence-electron chi connectivity index (χ2n) is 6.98. The van der Waals surface area contributed by atoms with Crippen LogP contribution in [0.5, 0.6) is 5.75 Å². The normalized spacial score (nSPS) is 14.7. The summed E-state index contributed by atoms with van der Waals surface area (Å²) in [5, 5.41) is 2.96. The molecule has 2 amide bonds. The Morgan fingerprint density at radius 3 is 2.37 bits per heavy atom. The van der Waals surface area contributed by atoms with Crippen LogP contribution in [0, 0.1) is 12.8 Å². The molecule has 1 fully saturated rings. The highest BCUT2D eigenvalue weighted by atomic mass is 16.5. The summed E-state index contributed by atoms with van der Waals surface area (Å²) in [6, 6.07) is 15.3. The van der Waals surface area contributed by atoms with Gasteiger partial charge in [0.1, 0.15) is 5.75 Å². The van der Waals surface area contributed by atoms with Crippen molar-refractivity contribution < 1.29 is 14.3 Å². The number of benzene rings is 2. The van der Waals surface area contributed by atoms with E-state index in [0.29, 0.717) is 32.4 Å². The molecule has 0 atom stereocenters. The third kappa shape index (κ3) is 4.88. The molecule has 0 bridgehead atoms. The zero-order valence-electron chi connectivity index (χ0n) is 15.9. The number of rotatable bonds is 5. The average Bonchev–Trinajstić information content (AvgIpc) is 2.70. The molecule has 1 heterocycles. The number of anilines is 1. The maximum absolute atomic E-state index is 12.6. The quantitative estimate of drug-likeness (QED) is 0.882. The number of amides is 2. The van der Waals surface area contributed by atoms with Gasteiger partial charge in [0.2, 0.25) is 11.8 Å². The van der Waals surface area contributed by atoms with Gasteiger partial charge in [0.05, 0.1) is 13.5 Å². The zero-order chi connectivity index (χ0) is 19.2. The van der Waals surface area contributed by atoms with Crippen LogP contribution in [0.3, 0.4) is 0 Å². The summed E-state index contributed by atoms with van der Waals surface area (Å²) >= 11 is 0. The number of carbonyl (C=O) groups excluding carboxylic acids is 2. The van der Waals surface area contributed by atoms with Gasteiger partial charge >= 0.3 is 0 Å². The molecule has 0 saturated carbocycles. The van der Waals surface area contributed by atoms with Crippen molar-refractivity contribution in [1.29, 1.82) is 0 Å². The van der Waals surface area contributed by atoms with E-state index in [0.717, 1.165) is 22.6 Å². The average molecular weight is 366 g/mol. The number of piperidine rings is 1. The molecule has 2 aromatic rings. The second-order valence-corrected chi connectivity index (χ2v) is 6.98. The minimum Gasteiger partial charge on any atom is -0.497 e. The van der Waals surface area contributed by atoms with Crippen molar-refractivity contribution in [3.63, 3.8) is 0 Å². The van der Waals surface area contributed by atoms with Crippen molar-refractivity contribution >= 4 is 17.5 Å². The van der Waals surface area contributed by atoms with E-state index in [1.54, 1.807) is 7.11 Å². The largest absolute Gasteiger partial charge is 0.497 e. The lowest BCUT2D eigenvalue weighted by Gasteiger charge is -2.31. The fraction of sp³-hybridized carbons (Fsp3) is 0.364. The summed E-state index contributed by atoms with van der Waals surface area (Å²) in [4.78, 5) is 26.9. The smallest absolute Gasteiger partial charge is 0.227 e. The van der Waals surface area contributed by atoms with Gasteiger partial charge in [-0.2, -0.15) is 0 Å². The Balaban J connectivity index is 1.49. The van der Waals surface area contributed by atoms with E-state index in [-0.39, 0.29) is 17.7 Å². The minimum absolute atomic E-state index is 0.0196. The molecular formula is C22H26N2O3. The maximum atomic E-state index is 12.6. The number of likely N-dealkylation sites (tertiary alicyclic amines) is 1. The van der Waals surface area contributed by atoms with Crippen molar-refractivity contribution in [2.45, 2.75) is 26.2 Å². The Morgan fingerprint density at radius 1 is 1.07 bits per heavy atom. The Bertz CT molecular complexity index is 793. The van der Waals surface area contributed by atoms with Crippen LogP contribution in [-0.2, 0) is 16.0 Å². The summed E-state index contributed by atoms with van der Waals surface area (Å²) in [5.74, 6) is 0.854. The summed E-state index contributed by atoms with van der Waals surface area (Å²) < 4.78 is 5.12. The SMILES string of the molecule is COc1ccc(NC(=O)C2CCN(C(=O)Cc3ccccc3C)CC2)cc1. The summed E-state index contributed by atoms with van der Waals surface area (Å²) in [6.07, 6.45) is 1.82. The molecule has 1 saturated heterocycles. The van der Waals surface area contributed by atoms with Crippen molar-refractivity contribution in [2.75, 3.05) is 25.5 Å². The fourth-order valence-electron chi connectivity index (χ4n) is 3.39. The van der Waals surface area contributed by atoms with Crippen molar-refractivity contribution in [1.82, 2.24) is 4.90 Å². The van der Waals surface area contributed by atoms with Crippen molar-refractivity contribution in [3.05, 3.63) is 59.7 Å². The third-order valence-electron chi connectivity index (χ3n) is 5.18. The molecule has 0 aliphatic carbocycles. The van der Waals surface area contributed by atoms with Crippen molar-refractivity contribution in [2.24, 2.45) is 5.92 Å². The Kier molecular flexibility index (Phi) is 6.12. The van der Waals surface area contributed by atoms with Gasteiger partial charge in [-0.15, -0.1) is 0 Å². The maximum Gasteiger partial charge on any atom is 0.227 e. The summed E-state index contributed by atoms with van der Waals surface area (Å²) in [7, 11) is 1.61. The summed E-state index contributed by atoms with van der Waals surface area (Å²) in [6.45, 7) is 3.29. The van der Waals surface area contributed by atoms with Crippen molar-refractivity contribution in [3.8, 4) is 5.75 Å². The number of nitrogens with one attached hydrogen (secondary N) is 1. The van der Waals surface area contributed by atoms with Crippen LogP contribution >= 0.6 is 0 Å². The van der Waals surface area contributed by atoms with Gasteiger partial charge in [-0.25, -0.2) is 0 Å². The Morgan fingerprint density at radius 2 is 1.74 bits per heavy atom. The molecule has 0 aromatic heterocycles. The first kappa shape index (κ1) is 19.0. The molecule has 5 nitrogen and oxygen atoms in total. The highest BCUT2D eigenvalue weighted by Gasteiger charge is 2.27. The number of ether oxygens (including phenoxy) is 1. The number of carbonyl (C=O) groups is 2. The first-order chi connectivity index (χ1) is 13.1. The van der Waals surface area contributed by atoms with E-state index >= 15 is 0 Å². The van der Waals surface area contributed by atoms with Gasteiger partial charge in [0, 0.05) is 24.7 Å². The van der Waals surface area contributed by atoms with E-state index < -0.39 is 0 Å². The number of aryl methyl sites for hydroxylation is 1. The lowest BCUT2D eigenvalue weighted by molar-refractivity contribution is -0.133. The highest BCUT2D eigenvalue weighted by molar-refractivity contribution is 5.92. The van der Waals surface area contributed by atoms with E-state index in [1.807, 2.05) is 60.4 Å². The molecule has 142 valence electrons. The molecule has 1 N–H and O–H groups in total. The molecule has 3 rings (SSSR count). The molecule has 0 spiro atoms. The molecule has 0 unspecified atom stereocenters.